The van der Waals surface area contributed by atoms with E-state index < -0.39 is 6.10 Å². The molecule has 4 nitrogen and oxygen atoms in total. The van der Waals surface area contributed by atoms with Crippen LogP contribution in [0.2, 0.25) is 0 Å². The van der Waals surface area contributed by atoms with Crippen molar-refractivity contribution in [2.75, 3.05) is 20.1 Å². The van der Waals surface area contributed by atoms with E-state index in [1.807, 2.05) is 0 Å². The Morgan fingerprint density at radius 1 is 1.29 bits per heavy atom. The van der Waals surface area contributed by atoms with E-state index in [-0.39, 0.29) is 0 Å². The van der Waals surface area contributed by atoms with Gasteiger partial charge in [-0.15, -0.1) is 11.3 Å². The Bertz CT molecular complexity index is 621. The van der Waals surface area contributed by atoms with E-state index in [1.54, 1.807) is 24.5 Å². The van der Waals surface area contributed by atoms with Gasteiger partial charge in [0, 0.05) is 18.8 Å². The second-order valence-electron chi connectivity index (χ2n) is 6.74. The van der Waals surface area contributed by atoms with Gasteiger partial charge in [0.25, 0.3) is 0 Å². The van der Waals surface area contributed by atoms with Crippen LogP contribution >= 0.6 is 11.3 Å². The summed E-state index contributed by atoms with van der Waals surface area (Å²) in [4.78, 5) is 10.4. The number of rotatable bonds is 6. The Kier molecular flexibility index (Phi) is 6.00. The summed E-state index contributed by atoms with van der Waals surface area (Å²) in [5.74, 6) is 0. The van der Waals surface area contributed by atoms with Gasteiger partial charge < -0.3 is 5.11 Å². The summed E-state index contributed by atoms with van der Waals surface area (Å²) >= 11 is 1.62. The lowest BCUT2D eigenvalue weighted by molar-refractivity contribution is 0.119. The summed E-state index contributed by atoms with van der Waals surface area (Å²) in [5, 5.41) is 10.7. The van der Waals surface area contributed by atoms with E-state index in [0.29, 0.717) is 6.04 Å². The van der Waals surface area contributed by atoms with Crippen LogP contribution < -0.4 is 0 Å². The van der Waals surface area contributed by atoms with Crippen molar-refractivity contribution in [2.24, 2.45) is 0 Å². The number of hydrogen-bond donors (Lipinski definition) is 1. The molecule has 2 heterocycles. The van der Waals surface area contributed by atoms with E-state index in [4.69, 9.17) is 0 Å². The van der Waals surface area contributed by atoms with Gasteiger partial charge in [0.1, 0.15) is 5.01 Å². The molecule has 1 saturated heterocycles. The van der Waals surface area contributed by atoms with Gasteiger partial charge in [-0.2, -0.15) is 0 Å². The minimum absolute atomic E-state index is 0.414. The molecule has 1 aliphatic rings. The van der Waals surface area contributed by atoms with Gasteiger partial charge in [-0.05, 0) is 45.5 Å². The Labute approximate surface area is 148 Å². The first-order valence-electron chi connectivity index (χ1n) is 8.71. The van der Waals surface area contributed by atoms with E-state index in [0.717, 1.165) is 36.1 Å². The van der Waals surface area contributed by atoms with Crippen LogP contribution in [-0.4, -0.2) is 46.1 Å². The van der Waals surface area contributed by atoms with Gasteiger partial charge in [-0.25, -0.2) is 4.98 Å². The van der Waals surface area contributed by atoms with E-state index in [1.165, 1.54) is 18.4 Å². The van der Waals surface area contributed by atoms with Crippen LogP contribution in [0.25, 0.3) is 0 Å². The monoisotopic (exact) mass is 345 g/mol. The van der Waals surface area contributed by atoms with Crippen LogP contribution in [0.3, 0.4) is 0 Å². The maximum atomic E-state index is 9.62. The average Bonchev–Trinajstić information content (AvgIpc) is 3.05. The topological polar surface area (TPSA) is 39.6 Å². The third-order valence-electron chi connectivity index (χ3n) is 4.80. The third kappa shape index (κ3) is 4.63. The summed E-state index contributed by atoms with van der Waals surface area (Å²) in [6.07, 6.45) is 3.81. The first kappa shape index (κ1) is 17.5. The van der Waals surface area contributed by atoms with Gasteiger partial charge in [0.05, 0.1) is 17.5 Å². The van der Waals surface area contributed by atoms with Crippen molar-refractivity contribution in [3.63, 3.8) is 0 Å². The molecule has 0 radical (unpaired) electrons. The zero-order valence-electron chi connectivity index (χ0n) is 14.6. The molecule has 1 aromatic carbocycles. The molecule has 1 N–H and O–H groups in total. The number of aliphatic hydroxyl groups excluding tert-OH is 1. The molecular weight excluding hydrogens is 318 g/mol. The largest absolute Gasteiger partial charge is 0.388 e. The fourth-order valence-electron chi connectivity index (χ4n) is 3.29. The Balaban J connectivity index is 1.47. The molecule has 1 aromatic heterocycles. The number of piperidine rings is 1. The van der Waals surface area contributed by atoms with Crippen LogP contribution in [0.4, 0.5) is 0 Å². The molecule has 0 spiro atoms. The zero-order chi connectivity index (χ0) is 16.9. The van der Waals surface area contributed by atoms with Gasteiger partial charge >= 0.3 is 0 Å². The highest BCUT2D eigenvalue weighted by molar-refractivity contribution is 7.11. The second-order valence-corrected chi connectivity index (χ2v) is 7.89. The maximum absolute atomic E-state index is 9.62. The molecular formula is C19H27N3OS. The average molecular weight is 346 g/mol. The van der Waals surface area contributed by atoms with Crippen LogP contribution in [0.5, 0.6) is 0 Å². The van der Waals surface area contributed by atoms with Crippen molar-refractivity contribution >= 4 is 11.3 Å². The maximum Gasteiger partial charge on any atom is 0.107 e. The number of hydrogen-bond acceptors (Lipinski definition) is 5. The molecule has 1 unspecified atom stereocenters. The SMILES string of the molecule is CC(O)c1cnc(CN(C)C2CCN(Cc3ccccc3)CC2)s1. The highest BCUT2D eigenvalue weighted by Crippen LogP contribution is 2.23. The number of aliphatic hydroxyl groups is 1. The minimum Gasteiger partial charge on any atom is -0.388 e. The lowest BCUT2D eigenvalue weighted by Gasteiger charge is -2.36. The van der Waals surface area contributed by atoms with E-state index >= 15 is 0 Å². The molecule has 5 heteroatoms. The van der Waals surface area contributed by atoms with Crippen molar-refractivity contribution in [2.45, 2.75) is 45.0 Å². The fourth-order valence-corrected chi connectivity index (χ4v) is 4.21. The molecule has 0 amide bonds. The van der Waals surface area contributed by atoms with Crippen LogP contribution in [-0.2, 0) is 13.1 Å². The molecule has 1 atom stereocenters. The first-order chi connectivity index (χ1) is 11.6. The zero-order valence-corrected chi connectivity index (χ0v) is 15.4. The van der Waals surface area contributed by atoms with Crippen molar-refractivity contribution in [3.05, 3.63) is 52.0 Å². The number of thiazole rings is 1. The lowest BCUT2D eigenvalue weighted by atomic mass is 10.0. The normalized spacial score (nSPS) is 18.2. The molecule has 0 aliphatic carbocycles. The highest BCUT2D eigenvalue weighted by Gasteiger charge is 2.23. The number of aromatic nitrogens is 1. The third-order valence-corrected chi connectivity index (χ3v) is 5.95. The molecule has 0 bridgehead atoms. The van der Waals surface area contributed by atoms with E-state index in [9.17, 15) is 5.11 Å². The second kappa shape index (κ2) is 8.21. The van der Waals surface area contributed by atoms with Crippen molar-refractivity contribution < 1.29 is 5.11 Å². The molecule has 24 heavy (non-hydrogen) atoms. The summed E-state index contributed by atoms with van der Waals surface area (Å²) in [5.41, 5.74) is 1.40. The molecule has 130 valence electrons. The van der Waals surface area contributed by atoms with Crippen LogP contribution in [0, 0.1) is 0 Å². The summed E-state index contributed by atoms with van der Waals surface area (Å²) in [6.45, 7) is 6.03. The smallest absolute Gasteiger partial charge is 0.107 e. The van der Waals surface area contributed by atoms with Gasteiger partial charge in [-0.3, -0.25) is 9.80 Å². The molecule has 3 rings (SSSR count). The van der Waals surface area contributed by atoms with Crippen molar-refractivity contribution in [1.82, 2.24) is 14.8 Å². The Morgan fingerprint density at radius 3 is 2.62 bits per heavy atom. The fraction of sp³-hybridized carbons (Fsp3) is 0.526. The molecule has 0 saturated carbocycles. The first-order valence-corrected chi connectivity index (χ1v) is 9.52. The lowest BCUT2D eigenvalue weighted by Crippen LogP contribution is -2.42. The van der Waals surface area contributed by atoms with E-state index in [2.05, 4.69) is 52.2 Å². The van der Waals surface area contributed by atoms with Crippen LogP contribution in [0.15, 0.2) is 36.5 Å². The van der Waals surface area contributed by atoms with Crippen molar-refractivity contribution in [1.29, 1.82) is 0 Å². The Hall–Kier alpha value is -1.27. The molecule has 2 aromatic rings. The Morgan fingerprint density at radius 2 is 2.00 bits per heavy atom. The predicted molar refractivity (Wildman–Crippen MR) is 99.0 cm³/mol. The van der Waals surface area contributed by atoms with Gasteiger partial charge in [0.15, 0.2) is 0 Å². The van der Waals surface area contributed by atoms with Crippen molar-refractivity contribution in [3.8, 4) is 0 Å². The van der Waals surface area contributed by atoms with Gasteiger partial charge in [-0.1, -0.05) is 30.3 Å². The van der Waals surface area contributed by atoms with Gasteiger partial charge in [0.2, 0.25) is 0 Å². The number of nitrogens with zero attached hydrogens (tertiary/aromatic N) is 3. The number of benzene rings is 1. The summed E-state index contributed by atoms with van der Waals surface area (Å²) in [6, 6.07) is 11.3. The highest BCUT2D eigenvalue weighted by atomic mass is 32.1. The summed E-state index contributed by atoms with van der Waals surface area (Å²) in [7, 11) is 2.20. The minimum atomic E-state index is -0.414. The van der Waals surface area contributed by atoms with Crippen LogP contribution in [0.1, 0.15) is 41.3 Å². The molecule has 1 aliphatic heterocycles. The predicted octanol–water partition coefficient (Wildman–Crippen LogP) is 3.29. The molecule has 1 fully saturated rings. The number of likely N-dealkylation sites (tertiary alicyclic amines) is 1. The quantitative estimate of drug-likeness (QED) is 0.872. The standard InChI is InChI=1S/C19H27N3OS/c1-15(23)18-12-20-19(24-18)14-21(2)17-8-10-22(11-9-17)13-16-6-4-3-5-7-16/h3-7,12,15,17,23H,8-11,13-14H2,1-2H3. The summed E-state index contributed by atoms with van der Waals surface area (Å²) < 4.78 is 0.